The number of aliphatic carboxylic acids is 1. The van der Waals surface area contributed by atoms with Gasteiger partial charge in [0.2, 0.25) is 0 Å². The van der Waals surface area contributed by atoms with Crippen molar-refractivity contribution in [3.63, 3.8) is 0 Å². The Labute approximate surface area is 175 Å². The molecule has 1 aromatic heterocycles. The number of hydrogen-bond acceptors (Lipinski definition) is 5. The highest BCUT2D eigenvalue weighted by Gasteiger charge is 2.31. The molecule has 0 radical (unpaired) electrons. The zero-order valence-corrected chi connectivity index (χ0v) is 16.9. The number of allylic oxidation sites excluding steroid dienone is 2. The Bertz CT molecular complexity index is 936. The number of hydrogen-bond donors (Lipinski definition) is 1. The monoisotopic (exact) mass is 438 g/mol. The van der Waals surface area contributed by atoms with Crippen molar-refractivity contribution in [1.29, 1.82) is 0 Å². The third-order valence-corrected chi connectivity index (χ3v) is 6.24. The van der Waals surface area contributed by atoms with Crippen molar-refractivity contribution < 1.29 is 24.2 Å². The van der Waals surface area contributed by atoms with Crippen LogP contribution in [0.15, 0.2) is 41.8 Å². The van der Waals surface area contributed by atoms with Gasteiger partial charge in [0, 0.05) is 5.56 Å². The summed E-state index contributed by atoms with van der Waals surface area (Å²) in [6.07, 6.45) is 3.66. The molecule has 0 aliphatic heterocycles. The van der Waals surface area contributed by atoms with E-state index in [1.54, 1.807) is 17.5 Å². The Morgan fingerprint density at radius 2 is 1.82 bits per heavy atom. The molecule has 1 fully saturated rings. The van der Waals surface area contributed by atoms with Gasteiger partial charge in [0.15, 0.2) is 11.6 Å². The number of carboxylic acid groups (broad SMARTS) is 1. The minimum atomic E-state index is -0.833. The molecule has 2 aromatic rings. The summed E-state index contributed by atoms with van der Waals surface area (Å²) in [5, 5.41) is 11.0. The number of carbonyl (C=O) groups excluding carboxylic acids is 2. The lowest BCUT2D eigenvalue weighted by Crippen LogP contribution is -2.16. The third kappa shape index (κ3) is 4.63. The number of benzene rings is 1. The van der Waals surface area contributed by atoms with Gasteiger partial charge in [-0.3, -0.25) is 14.4 Å². The summed E-state index contributed by atoms with van der Waals surface area (Å²) in [5.41, 5.74) is 0.157. The first-order valence-electron chi connectivity index (χ1n) is 8.54. The summed E-state index contributed by atoms with van der Waals surface area (Å²) in [6, 6.07) is 6.45. The van der Waals surface area contributed by atoms with E-state index in [1.165, 1.54) is 29.5 Å². The van der Waals surface area contributed by atoms with Crippen molar-refractivity contribution in [2.45, 2.75) is 25.4 Å². The predicted octanol–water partition coefficient (Wildman–Crippen LogP) is 5.31. The number of thiophene rings is 1. The average molecular weight is 439 g/mol. The lowest BCUT2D eigenvalue weighted by Gasteiger charge is -2.16. The smallest absolute Gasteiger partial charge is 0.306 e. The molecule has 0 amide bonds. The molecule has 1 N–H and O–H groups in total. The quantitative estimate of drug-likeness (QED) is 0.467. The largest absolute Gasteiger partial charge is 0.489 e. The van der Waals surface area contributed by atoms with Crippen molar-refractivity contribution in [3.8, 4) is 5.75 Å². The Hall–Kier alpha value is -2.15. The zero-order valence-electron chi connectivity index (χ0n) is 14.6. The molecule has 0 unspecified atom stereocenters. The molecular weight excluding hydrogens is 423 g/mol. The molecule has 1 aromatic carbocycles. The lowest BCUT2D eigenvalue weighted by atomic mass is 10.1. The Morgan fingerprint density at radius 3 is 2.46 bits per heavy atom. The molecule has 1 aliphatic rings. The fraction of sp³-hybridized carbons (Fsp3) is 0.250. The van der Waals surface area contributed by atoms with E-state index >= 15 is 0 Å². The van der Waals surface area contributed by atoms with E-state index < -0.39 is 17.7 Å². The summed E-state index contributed by atoms with van der Waals surface area (Å²) in [5.74, 6) is -1.67. The van der Waals surface area contributed by atoms with Gasteiger partial charge in [-0.2, -0.15) is 0 Å². The van der Waals surface area contributed by atoms with Gasteiger partial charge in [-0.25, -0.2) is 0 Å². The van der Waals surface area contributed by atoms with Crippen molar-refractivity contribution in [2.75, 3.05) is 0 Å². The van der Waals surface area contributed by atoms with Gasteiger partial charge in [0.1, 0.15) is 10.8 Å². The molecular formula is C20H16Cl2O5S. The van der Waals surface area contributed by atoms with E-state index in [2.05, 4.69) is 0 Å². The van der Waals surface area contributed by atoms with E-state index in [0.717, 1.165) is 6.08 Å². The Kier molecular flexibility index (Phi) is 6.54. The van der Waals surface area contributed by atoms with Crippen LogP contribution in [0.3, 0.4) is 0 Å². The number of carbonyl (C=O) groups is 3. The fourth-order valence-corrected chi connectivity index (χ4v) is 4.11. The molecule has 28 heavy (non-hydrogen) atoms. The maximum Gasteiger partial charge on any atom is 0.306 e. The number of ether oxygens (including phenoxy) is 1. The van der Waals surface area contributed by atoms with Crippen LogP contribution in [-0.4, -0.2) is 28.7 Å². The number of rotatable bonds is 7. The van der Waals surface area contributed by atoms with Crippen LogP contribution in [0.1, 0.15) is 39.3 Å². The van der Waals surface area contributed by atoms with Crippen LogP contribution in [0.2, 0.25) is 10.0 Å². The van der Waals surface area contributed by atoms with Gasteiger partial charge in [0.05, 0.1) is 21.9 Å². The maximum absolute atomic E-state index is 12.4. The van der Waals surface area contributed by atoms with Gasteiger partial charge >= 0.3 is 5.97 Å². The number of halogens is 2. The summed E-state index contributed by atoms with van der Waals surface area (Å²) >= 11 is 13.8. The highest BCUT2D eigenvalue weighted by Crippen LogP contribution is 2.38. The number of ketones is 2. The maximum atomic E-state index is 12.4. The first kappa shape index (κ1) is 20.6. The summed E-state index contributed by atoms with van der Waals surface area (Å²) in [7, 11) is 0. The highest BCUT2D eigenvalue weighted by atomic mass is 35.5. The fourth-order valence-electron chi connectivity index (χ4n) is 3.01. The zero-order chi connectivity index (χ0) is 20.3. The molecule has 5 nitrogen and oxygen atoms in total. The van der Waals surface area contributed by atoms with Crippen molar-refractivity contribution in [2.24, 2.45) is 5.92 Å². The standard InChI is InChI=1S/C20H16Cl2O5S/c21-18-13(14(23)6-7-15(24)17-2-1-9-28-17)5-8-16(19(18)22)27-12-4-3-11(10-12)20(25)26/h1-2,5-9,11-12H,3-4,10H2,(H,25,26)/t11-,12-/m0/s1. The number of carboxylic acids is 1. The predicted molar refractivity (Wildman–Crippen MR) is 108 cm³/mol. The van der Waals surface area contributed by atoms with Crippen LogP contribution in [0.4, 0.5) is 0 Å². The molecule has 1 aliphatic carbocycles. The molecule has 0 saturated heterocycles. The molecule has 1 saturated carbocycles. The van der Waals surface area contributed by atoms with Crippen LogP contribution >= 0.6 is 34.5 Å². The van der Waals surface area contributed by atoms with E-state index in [1.807, 2.05) is 0 Å². The Balaban J connectivity index is 1.70. The van der Waals surface area contributed by atoms with Crippen LogP contribution in [0.25, 0.3) is 0 Å². The van der Waals surface area contributed by atoms with Gasteiger partial charge in [-0.05, 0) is 55.0 Å². The molecule has 2 atom stereocenters. The minimum absolute atomic E-state index is 0.0326. The first-order valence-corrected chi connectivity index (χ1v) is 10.2. The van der Waals surface area contributed by atoms with Gasteiger partial charge in [-0.15, -0.1) is 11.3 Å². The average Bonchev–Trinajstić information content (AvgIpc) is 3.35. The van der Waals surface area contributed by atoms with E-state index in [-0.39, 0.29) is 27.5 Å². The Morgan fingerprint density at radius 1 is 1.07 bits per heavy atom. The van der Waals surface area contributed by atoms with E-state index in [0.29, 0.717) is 29.9 Å². The van der Waals surface area contributed by atoms with E-state index in [9.17, 15) is 14.4 Å². The van der Waals surface area contributed by atoms with Crippen molar-refractivity contribution in [3.05, 3.63) is 62.3 Å². The molecule has 146 valence electrons. The summed E-state index contributed by atoms with van der Waals surface area (Å²) in [6.45, 7) is 0. The molecule has 8 heteroatoms. The molecule has 0 spiro atoms. The molecule has 0 bridgehead atoms. The van der Waals surface area contributed by atoms with Crippen LogP contribution in [0.5, 0.6) is 5.75 Å². The second kappa shape index (κ2) is 8.90. The lowest BCUT2D eigenvalue weighted by molar-refractivity contribution is -0.141. The van der Waals surface area contributed by atoms with Gasteiger partial charge in [-0.1, -0.05) is 29.3 Å². The van der Waals surface area contributed by atoms with Crippen LogP contribution in [0, 0.1) is 5.92 Å². The molecule has 1 heterocycles. The summed E-state index contributed by atoms with van der Waals surface area (Å²) in [4.78, 5) is 35.9. The second-order valence-electron chi connectivity index (χ2n) is 6.37. The molecule has 3 rings (SSSR count). The topological polar surface area (TPSA) is 80.7 Å². The minimum Gasteiger partial charge on any atom is -0.489 e. The van der Waals surface area contributed by atoms with Crippen LogP contribution < -0.4 is 4.74 Å². The third-order valence-electron chi connectivity index (χ3n) is 4.49. The van der Waals surface area contributed by atoms with Crippen molar-refractivity contribution >= 4 is 52.1 Å². The van der Waals surface area contributed by atoms with Crippen LogP contribution in [-0.2, 0) is 4.79 Å². The van der Waals surface area contributed by atoms with E-state index in [4.69, 9.17) is 33.0 Å². The highest BCUT2D eigenvalue weighted by molar-refractivity contribution is 7.12. The first-order chi connectivity index (χ1) is 13.4. The van der Waals surface area contributed by atoms with Gasteiger partial charge in [0.25, 0.3) is 0 Å². The van der Waals surface area contributed by atoms with Gasteiger partial charge < -0.3 is 9.84 Å². The van der Waals surface area contributed by atoms with Crippen molar-refractivity contribution in [1.82, 2.24) is 0 Å². The SMILES string of the molecule is O=C(C=CC(=O)c1ccc(O[C@H]2CC[C@H](C(=O)O)C2)c(Cl)c1Cl)c1cccs1. The summed E-state index contributed by atoms with van der Waals surface area (Å²) < 4.78 is 5.79. The normalized spacial score (nSPS) is 19.1. The second-order valence-corrected chi connectivity index (χ2v) is 8.07.